The van der Waals surface area contributed by atoms with Gasteiger partial charge in [0.1, 0.15) is 0 Å². The maximum atomic E-state index is 6.12. The van der Waals surface area contributed by atoms with Gasteiger partial charge in [-0.25, -0.2) is 0 Å². The van der Waals surface area contributed by atoms with E-state index in [4.69, 9.17) is 11.6 Å². The summed E-state index contributed by atoms with van der Waals surface area (Å²) in [5.74, 6) is 0. The van der Waals surface area contributed by atoms with Crippen LogP contribution in [0.1, 0.15) is 0 Å². The third-order valence-corrected chi connectivity index (χ3v) is 3.04. The first-order valence-corrected chi connectivity index (χ1v) is 5.80. The van der Waals surface area contributed by atoms with Gasteiger partial charge in [-0.2, -0.15) is 0 Å². The van der Waals surface area contributed by atoms with Crippen LogP contribution in [0.2, 0.25) is 5.02 Å². The number of aromatic nitrogens is 1. The summed E-state index contributed by atoms with van der Waals surface area (Å²) in [6, 6.07) is 18.0. The van der Waals surface area contributed by atoms with Crippen LogP contribution in [0, 0.1) is 0 Å². The number of hydrogen-bond donors (Lipinski definition) is 1. The number of nitrogens with one attached hydrogen (secondary N) is 1. The van der Waals surface area contributed by atoms with E-state index in [0.717, 1.165) is 11.2 Å². The maximum absolute atomic E-state index is 6.12. The molecule has 0 aliphatic carbocycles. The van der Waals surface area contributed by atoms with Gasteiger partial charge in [0.25, 0.3) is 0 Å². The van der Waals surface area contributed by atoms with Crippen LogP contribution in [0.4, 0.5) is 5.69 Å². The van der Waals surface area contributed by atoms with Crippen molar-refractivity contribution in [2.75, 3.05) is 5.43 Å². The van der Waals surface area contributed by atoms with Gasteiger partial charge in [0, 0.05) is 11.6 Å². The molecular weight excluding hydrogens is 232 g/mol. The highest BCUT2D eigenvalue weighted by atomic mass is 35.5. The number of para-hydroxylation sites is 2. The summed E-state index contributed by atoms with van der Waals surface area (Å²) in [5.41, 5.74) is 5.31. The first-order chi connectivity index (χ1) is 8.34. The van der Waals surface area contributed by atoms with Crippen LogP contribution in [0.5, 0.6) is 0 Å². The lowest BCUT2D eigenvalue weighted by Crippen LogP contribution is -2.07. The molecule has 0 bridgehead atoms. The van der Waals surface area contributed by atoms with E-state index in [-0.39, 0.29) is 0 Å². The summed E-state index contributed by atoms with van der Waals surface area (Å²) in [4.78, 5) is 0. The van der Waals surface area contributed by atoms with E-state index in [0.29, 0.717) is 5.02 Å². The molecule has 0 aliphatic rings. The molecule has 0 atom stereocenters. The lowest BCUT2D eigenvalue weighted by molar-refractivity contribution is 1.01. The Bertz CT molecular complexity index is 658. The van der Waals surface area contributed by atoms with Gasteiger partial charge in [-0.05, 0) is 24.3 Å². The summed E-state index contributed by atoms with van der Waals surface area (Å²) in [6.45, 7) is 0. The maximum Gasteiger partial charge on any atom is 0.0732 e. The Morgan fingerprint density at radius 3 is 2.53 bits per heavy atom. The standard InChI is InChI=1S/C14H11ClN2/c15-12-6-2-3-7-13(12)16-17-10-9-11-5-1-4-8-14(11)17/h1-10,16H. The molecule has 0 fully saturated rings. The molecule has 0 aliphatic heterocycles. The van der Waals surface area contributed by atoms with Crippen molar-refractivity contribution in [3.05, 3.63) is 65.8 Å². The number of rotatable bonds is 2. The molecule has 1 N–H and O–H groups in total. The fourth-order valence-corrected chi connectivity index (χ4v) is 2.04. The Balaban J connectivity index is 2.03. The number of hydrogen-bond acceptors (Lipinski definition) is 1. The van der Waals surface area contributed by atoms with E-state index in [2.05, 4.69) is 23.6 Å². The van der Waals surface area contributed by atoms with Gasteiger partial charge in [-0.1, -0.05) is 41.9 Å². The molecule has 17 heavy (non-hydrogen) atoms. The molecule has 1 aromatic heterocycles. The van der Waals surface area contributed by atoms with Crippen LogP contribution in [-0.4, -0.2) is 4.68 Å². The van der Waals surface area contributed by atoms with E-state index in [9.17, 15) is 0 Å². The van der Waals surface area contributed by atoms with Crippen LogP contribution in [0.3, 0.4) is 0 Å². The third-order valence-electron chi connectivity index (χ3n) is 2.71. The molecular formula is C14H11ClN2. The van der Waals surface area contributed by atoms with Gasteiger partial charge in [-0.15, -0.1) is 0 Å². The zero-order valence-electron chi connectivity index (χ0n) is 9.10. The normalized spacial score (nSPS) is 10.6. The van der Waals surface area contributed by atoms with E-state index in [1.807, 2.05) is 47.3 Å². The Morgan fingerprint density at radius 2 is 1.65 bits per heavy atom. The zero-order valence-corrected chi connectivity index (χ0v) is 9.85. The van der Waals surface area contributed by atoms with Crippen molar-refractivity contribution < 1.29 is 0 Å². The summed E-state index contributed by atoms with van der Waals surface area (Å²) < 4.78 is 1.97. The minimum atomic E-state index is 0.713. The summed E-state index contributed by atoms with van der Waals surface area (Å²) in [6.07, 6.45) is 1.99. The highest BCUT2D eigenvalue weighted by Gasteiger charge is 2.02. The van der Waals surface area contributed by atoms with Crippen LogP contribution < -0.4 is 5.43 Å². The molecule has 1 heterocycles. The van der Waals surface area contributed by atoms with E-state index in [1.165, 1.54) is 5.39 Å². The van der Waals surface area contributed by atoms with E-state index in [1.54, 1.807) is 0 Å². The third kappa shape index (κ3) is 1.87. The lowest BCUT2D eigenvalue weighted by atomic mass is 10.3. The SMILES string of the molecule is Clc1ccccc1Nn1ccc2ccccc21. The van der Waals surface area contributed by atoms with Gasteiger partial charge in [0.05, 0.1) is 16.2 Å². The predicted molar refractivity (Wildman–Crippen MR) is 72.4 cm³/mol. The Morgan fingerprint density at radius 1 is 0.882 bits per heavy atom. The molecule has 2 aromatic carbocycles. The van der Waals surface area contributed by atoms with E-state index >= 15 is 0 Å². The number of fused-ring (bicyclic) bond motifs is 1. The average Bonchev–Trinajstić information content (AvgIpc) is 2.76. The second kappa shape index (κ2) is 4.15. The second-order valence-corrected chi connectivity index (χ2v) is 4.24. The smallest absolute Gasteiger partial charge is 0.0732 e. The lowest BCUT2D eigenvalue weighted by Gasteiger charge is -2.10. The molecule has 0 unspecified atom stereocenters. The molecule has 2 nitrogen and oxygen atoms in total. The van der Waals surface area contributed by atoms with Crippen molar-refractivity contribution in [2.24, 2.45) is 0 Å². The fraction of sp³-hybridized carbons (Fsp3) is 0. The summed E-state index contributed by atoms with van der Waals surface area (Å²) in [5, 5.41) is 1.91. The number of benzene rings is 2. The Labute approximate surface area is 104 Å². The first kappa shape index (κ1) is 10.2. The molecule has 3 aromatic rings. The van der Waals surface area contributed by atoms with Crippen molar-refractivity contribution in [3.63, 3.8) is 0 Å². The average molecular weight is 243 g/mol. The van der Waals surface area contributed by atoms with Gasteiger partial charge in [0.15, 0.2) is 0 Å². The highest BCUT2D eigenvalue weighted by molar-refractivity contribution is 6.33. The topological polar surface area (TPSA) is 17.0 Å². The first-order valence-electron chi connectivity index (χ1n) is 5.42. The molecule has 0 radical (unpaired) electrons. The van der Waals surface area contributed by atoms with Crippen molar-refractivity contribution in [1.82, 2.24) is 4.68 Å². The van der Waals surface area contributed by atoms with Crippen LogP contribution in [0.25, 0.3) is 10.9 Å². The quantitative estimate of drug-likeness (QED) is 0.714. The molecule has 0 saturated carbocycles. The molecule has 0 spiro atoms. The van der Waals surface area contributed by atoms with Gasteiger partial charge in [-0.3, -0.25) is 10.1 Å². The molecule has 84 valence electrons. The van der Waals surface area contributed by atoms with Crippen molar-refractivity contribution in [1.29, 1.82) is 0 Å². The van der Waals surface area contributed by atoms with Gasteiger partial charge >= 0.3 is 0 Å². The Hall–Kier alpha value is -1.93. The fourth-order valence-electron chi connectivity index (χ4n) is 1.86. The number of anilines is 1. The van der Waals surface area contributed by atoms with Crippen LogP contribution in [-0.2, 0) is 0 Å². The second-order valence-electron chi connectivity index (χ2n) is 3.84. The minimum absolute atomic E-state index is 0.713. The van der Waals surface area contributed by atoms with Gasteiger partial charge in [0.2, 0.25) is 0 Å². The zero-order chi connectivity index (χ0) is 11.7. The molecule has 0 amide bonds. The number of halogens is 1. The van der Waals surface area contributed by atoms with E-state index < -0.39 is 0 Å². The number of nitrogens with zero attached hydrogens (tertiary/aromatic N) is 1. The summed E-state index contributed by atoms with van der Waals surface area (Å²) >= 11 is 6.12. The van der Waals surface area contributed by atoms with Crippen LogP contribution in [0.15, 0.2) is 60.8 Å². The Kier molecular flexibility index (Phi) is 2.50. The van der Waals surface area contributed by atoms with Crippen LogP contribution >= 0.6 is 11.6 Å². The largest absolute Gasteiger partial charge is 0.293 e. The van der Waals surface area contributed by atoms with Crippen molar-refractivity contribution in [3.8, 4) is 0 Å². The molecule has 0 saturated heterocycles. The van der Waals surface area contributed by atoms with Crippen molar-refractivity contribution >= 4 is 28.2 Å². The molecule has 3 rings (SSSR count). The summed E-state index contributed by atoms with van der Waals surface area (Å²) in [7, 11) is 0. The molecule has 3 heteroatoms. The van der Waals surface area contributed by atoms with Gasteiger partial charge < -0.3 is 0 Å². The highest BCUT2D eigenvalue weighted by Crippen LogP contribution is 2.22. The van der Waals surface area contributed by atoms with Crippen molar-refractivity contribution in [2.45, 2.75) is 0 Å². The predicted octanol–water partition coefficient (Wildman–Crippen LogP) is 4.17. The monoisotopic (exact) mass is 242 g/mol. The minimum Gasteiger partial charge on any atom is -0.293 e.